The molecule has 320 valence electrons. The van der Waals surface area contributed by atoms with Gasteiger partial charge in [0.05, 0.1) is 36.4 Å². The normalized spacial score (nSPS) is 22.0. The summed E-state index contributed by atoms with van der Waals surface area (Å²) in [5.41, 5.74) is -4.51. The standard InChI is InChI=1S/C39H38ClF5N6O7S2/c1-6-17-13-39(17,36(54)50-60(55,56)20-8-9-20)49-33(52)24-12-19(58-34-22-11-18(40)7-10-21(22)25(57-5)14-46-34)15-51(24)35(53)32(38(2,3)4)48-37-47-23(16-59-37)26-27(41)29(43)31(45)30(44)28(26)42/h6-7,10-11,14,16-17,19-20,24,32H,1,8-9,12-13,15H2,2-5H3,(H,47,48)(H,49,52)(H,50,54)/t17-,19-,24+,32-,39-/m1/s1. The van der Waals surface area contributed by atoms with Crippen LogP contribution in [0.1, 0.15) is 46.5 Å². The van der Waals surface area contributed by atoms with E-state index < -0.39 is 108 Å². The minimum atomic E-state index is -4.00. The van der Waals surface area contributed by atoms with Gasteiger partial charge < -0.3 is 25.0 Å². The molecule has 1 aliphatic heterocycles. The Balaban J connectivity index is 1.21. The van der Waals surface area contributed by atoms with Crippen molar-refractivity contribution in [1.29, 1.82) is 0 Å². The highest BCUT2D eigenvalue weighted by molar-refractivity contribution is 7.91. The molecule has 3 fully saturated rings. The number of sulfonamides is 1. The zero-order chi connectivity index (χ0) is 43.6. The van der Waals surface area contributed by atoms with E-state index in [-0.39, 0.29) is 30.4 Å². The molecule has 0 spiro atoms. The number of hydrogen-bond acceptors (Lipinski definition) is 11. The van der Waals surface area contributed by atoms with Crippen LogP contribution in [0.15, 0.2) is 42.4 Å². The fourth-order valence-electron chi connectivity index (χ4n) is 7.20. The second kappa shape index (κ2) is 15.7. The molecule has 3 amide bonds. The summed E-state index contributed by atoms with van der Waals surface area (Å²) in [4.78, 5) is 52.4. The topological polar surface area (TPSA) is 169 Å². The quantitative estimate of drug-likeness (QED) is 0.0603. The van der Waals surface area contributed by atoms with Gasteiger partial charge in [-0.2, -0.15) is 0 Å². The summed E-state index contributed by atoms with van der Waals surface area (Å²) in [7, 11) is -2.53. The van der Waals surface area contributed by atoms with Crippen molar-refractivity contribution in [2.45, 2.75) is 75.4 Å². The molecule has 2 aliphatic carbocycles. The maximum Gasteiger partial charge on any atom is 0.259 e. The molecule has 5 atom stereocenters. The molecule has 21 heteroatoms. The third-order valence-electron chi connectivity index (χ3n) is 10.7. The first-order chi connectivity index (χ1) is 28.2. The number of halogens is 6. The van der Waals surface area contributed by atoms with Gasteiger partial charge in [0, 0.05) is 33.5 Å². The van der Waals surface area contributed by atoms with Gasteiger partial charge in [0.25, 0.3) is 5.91 Å². The number of methoxy groups -OCH3 is 1. The number of nitrogens with zero attached hydrogens (tertiary/aromatic N) is 3. The van der Waals surface area contributed by atoms with Crippen LogP contribution >= 0.6 is 22.9 Å². The van der Waals surface area contributed by atoms with Crippen LogP contribution < -0.4 is 24.8 Å². The molecule has 2 saturated carbocycles. The summed E-state index contributed by atoms with van der Waals surface area (Å²) in [6, 6.07) is 2.40. The summed E-state index contributed by atoms with van der Waals surface area (Å²) < 4.78 is 111. The molecule has 0 bridgehead atoms. The highest BCUT2D eigenvalue weighted by Crippen LogP contribution is 2.46. The molecule has 0 radical (unpaired) electrons. The van der Waals surface area contributed by atoms with Crippen molar-refractivity contribution in [3.63, 3.8) is 0 Å². The zero-order valence-electron chi connectivity index (χ0n) is 32.4. The molecule has 3 heterocycles. The monoisotopic (exact) mass is 896 g/mol. The maximum absolute atomic E-state index is 14.8. The van der Waals surface area contributed by atoms with E-state index in [0.29, 0.717) is 34.4 Å². The number of pyridine rings is 1. The number of benzene rings is 2. The highest BCUT2D eigenvalue weighted by Gasteiger charge is 2.62. The Morgan fingerprint density at radius 1 is 1.07 bits per heavy atom. The Kier molecular flexibility index (Phi) is 11.3. The molecule has 0 unspecified atom stereocenters. The van der Waals surface area contributed by atoms with Gasteiger partial charge in [0.1, 0.15) is 29.5 Å². The van der Waals surface area contributed by atoms with Gasteiger partial charge in [0.2, 0.25) is 33.5 Å². The number of carbonyl (C=O) groups excluding carboxylic acids is 3. The third-order valence-corrected chi connectivity index (χ3v) is 13.6. The number of ether oxygens (including phenoxy) is 2. The number of nitrogens with one attached hydrogen (secondary N) is 3. The Hall–Kier alpha value is -5.08. The van der Waals surface area contributed by atoms with Gasteiger partial charge >= 0.3 is 0 Å². The molecule has 1 saturated heterocycles. The first kappa shape index (κ1) is 43.0. The summed E-state index contributed by atoms with van der Waals surface area (Å²) in [5.74, 6) is -13.3. The van der Waals surface area contributed by atoms with Crippen LogP contribution in [-0.2, 0) is 24.4 Å². The van der Waals surface area contributed by atoms with Crippen molar-refractivity contribution in [2.24, 2.45) is 11.3 Å². The van der Waals surface area contributed by atoms with Gasteiger partial charge in [-0.25, -0.2) is 40.3 Å². The molecule has 3 aliphatic rings. The Morgan fingerprint density at radius 2 is 1.73 bits per heavy atom. The summed E-state index contributed by atoms with van der Waals surface area (Å²) >= 11 is 7.05. The van der Waals surface area contributed by atoms with Crippen molar-refractivity contribution in [3.05, 3.63) is 76.5 Å². The van der Waals surface area contributed by atoms with Gasteiger partial charge in [-0.1, -0.05) is 38.4 Å². The van der Waals surface area contributed by atoms with Crippen molar-refractivity contribution >= 4 is 66.6 Å². The fraction of sp³-hybridized carbons (Fsp3) is 0.410. The van der Waals surface area contributed by atoms with E-state index in [1.807, 2.05) is 0 Å². The molecule has 4 aromatic rings. The van der Waals surface area contributed by atoms with E-state index in [4.69, 9.17) is 21.1 Å². The number of aromatic nitrogens is 2. The lowest BCUT2D eigenvalue weighted by Gasteiger charge is -2.35. The number of likely N-dealkylation sites (tertiary alicyclic amines) is 1. The number of rotatable bonds is 13. The van der Waals surface area contributed by atoms with Crippen molar-refractivity contribution < 1.29 is 54.2 Å². The lowest BCUT2D eigenvalue weighted by molar-refractivity contribution is -0.141. The molecular weight excluding hydrogens is 859 g/mol. The predicted octanol–water partition coefficient (Wildman–Crippen LogP) is 6.26. The van der Waals surface area contributed by atoms with Gasteiger partial charge in [-0.15, -0.1) is 17.9 Å². The van der Waals surface area contributed by atoms with E-state index in [1.54, 1.807) is 39.0 Å². The second-order valence-electron chi connectivity index (χ2n) is 15.9. The lowest BCUT2D eigenvalue weighted by atomic mass is 9.85. The minimum absolute atomic E-state index is 0.0406. The Morgan fingerprint density at radius 3 is 2.33 bits per heavy atom. The average molecular weight is 897 g/mol. The van der Waals surface area contributed by atoms with Crippen LogP contribution in [0.4, 0.5) is 27.1 Å². The Labute approximate surface area is 349 Å². The number of hydrogen-bond donors (Lipinski definition) is 3. The van der Waals surface area contributed by atoms with Crippen LogP contribution in [0.5, 0.6) is 11.6 Å². The highest BCUT2D eigenvalue weighted by atomic mass is 35.5. The van der Waals surface area contributed by atoms with Gasteiger partial charge in [-0.05, 0) is 42.9 Å². The average Bonchev–Trinajstić information content (AvgIpc) is 4.09. The molecule has 2 aromatic heterocycles. The van der Waals surface area contributed by atoms with E-state index in [2.05, 4.69) is 31.9 Å². The van der Waals surface area contributed by atoms with Crippen molar-refractivity contribution in [2.75, 3.05) is 19.0 Å². The van der Waals surface area contributed by atoms with Crippen molar-refractivity contribution in [1.82, 2.24) is 24.9 Å². The third kappa shape index (κ3) is 7.95. The zero-order valence-corrected chi connectivity index (χ0v) is 34.8. The van der Waals surface area contributed by atoms with Crippen molar-refractivity contribution in [3.8, 4) is 22.9 Å². The number of anilines is 1. The van der Waals surface area contributed by atoms with Crippen LogP contribution in [0.25, 0.3) is 22.0 Å². The largest absolute Gasteiger partial charge is 0.494 e. The van der Waals surface area contributed by atoms with Gasteiger partial charge in [-0.3, -0.25) is 19.1 Å². The summed E-state index contributed by atoms with van der Waals surface area (Å²) in [6.45, 7) is 8.54. The summed E-state index contributed by atoms with van der Waals surface area (Å²) in [6.07, 6.45) is 2.64. The minimum Gasteiger partial charge on any atom is -0.494 e. The smallest absolute Gasteiger partial charge is 0.259 e. The molecule has 7 rings (SSSR count). The number of carbonyl (C=O) groups is 3. The Bertz CT molecular complexity index is 2520. The first-order valence-electron chi connectivity index (χ1n) is 18.5. The SMILES string of the molecule is C=C[C@@H]1C[C@]1(NC(=O)[C@@H]1C[C@@H](Oc2ncc(OC)c3ccc(Cl)cc23)CN1C(=O)[C@@H](Nc1nc(-c2c(F)c(F)c(F)c(F)c2F)cs1)C(C)(C)C)C(=O)NS(=O)(=O)C1CC1. The maximum atomic E-state index is 14.8. The molecular formula is C39H38ClF5N6O7S2. The van der Waals surface area contributed by atoms with Crippen LogP contribution in [0.3, 0.4) is 0 Å². The fourth-order valence-corrected chi connectivity index (χ4v) is 9.46. The van der Waals surface area contributed by atoms with E-state index >= 15 is 0 Å². The first-order valence-corrected chi connectivity index (χ1v) is 21.3. The number of thiazole rings is 1. The van der Waals surface area contributed by atoms with Crippen LogP contribution in [0, 0.1) is 40.4 Å². The lowest BCUT2D eigenvalue weighted by Crippen LogP contribution is -2.58. The molecule has 2 aromatic carbocycles. The summed E-state index contributed by atoms with van der Waals surface area (Å²) in [5, 5.41) is 7.28. The van der Waals surface area contributed by atoms with Crippen LogP contribution in [-0.4, -0.2) is 83.6 Å². The van der Waals surface area contributed by atoms with E-state index in [0.717, 1.165) is 16.7 Å². The van der Waals surface area contributed by atoms with E-state index in [1.165, 1.54) is 24.3 Å². The molecule has 13 nitrogen and oxygen atoms in total. The second-order valence-corrected chi connectivity index (χ2v) is 19.2. The van der Waals surface area contributed by atoms with Crippen LogP contribution in [0.2, 0.25) is 5.02 Å². The molecule has 3 N–H and O–H groups in total. The number of fused-ring (bicyclic) bond motifs is 1. The predicted molar refractivity (Wildman–Crippen MR) is 211 cm³/mol. The number of amides is 3. The van der Waals surface area contributed by atoms with E-state index in [9.17, 15) is 44.8 Å². The van der Waals surface area contributed by atoms with Gasteiger partial charge in [0.15, 0.2) is 28.4 Å². The molecule has 60 heavy (non-hydrogen) atoms.